The van der Waals surface area contributed by atoms with Gasteiger partial charge in [-0.25, -0.2) is 0 Å². The first-order valence-corrected chi connectivity index (χ1v) is 11.3. The first-order chi connectivity index (χ1) is 17.5. The number of hydrogen-bond acceptors (Lipinski definition) is 8. The van der Waals surface area contributed by atoms with Crippen LogP contribution in [0.2, 0.25) is 0 Å². The van der Waals surface area contributed by atoms with Crippen molar-refractivity contribution in [1.82, 2.24) is 14.8 Å². The summed E-state index contributed by atoms with van der Waals surface area (Å²) >= 11 is 0. The second-order valence-corrected chi connectivity index (χ2v) is 8.15. The van der Waals surface area contributed by atoms with Gasteiger partial charge in [0.05, 0.1) is 27.4 Å². The maximum atomic E-state index is 11.6. The number of nitro groups is 1. The Kier molecular flexibility index (Phi) is 7.76. The lowest BCUT2D eigenvalue weighted by molar-refractivity contribution is -0.394. The third-order valence-electron chi connectivity index (χ3n) is 5.69. The van der Waals surface area contributed by atoms with Crippen molar-refractivity contribution in [1.29, 1.82) is 0 Å². The van der Waals surface area contributed by atoms with Gasteiger partial charge >= 0.3 is 11.9 Å². The molecule has 0 aliphatic heterocycles. The molecule has 10 heteroatoms. The number of anilines is 1. The Morgan fingerprint density at radius 2 is 1.31 bits per heavy atom. The van der Waals surface area contributed by atoms with E-state index in [1.165, 1.54) is 0 Å². The molecular formula is C26H27N5O5. The lowest BCUT2D eigenvalue weighted by Gasteiger charge is -2.22. The summed E-state index contributed by atoms with van der Waals surface area (Å²) in [6, 6.07) is 22.6. The van der Waals surface area contributed by atoms with Crippen LogP contribution < -0.4 is 14.4 Å². The first kappa shape index (κ1) is 24.7. The van der Waals surface area contributed by atoms with Gasteiger partial charge < -0.3 is 29.6 Å². The average molecular weight is 490 g/mol. The van der Waals surface area contributed by atoms with Gasteiger partial charge in [0, 0.05) is 18.2 Å². The molecule has 4 rings (SSSR count). The second-order valence-electron chi connectivity index (χ2n) is 8.15. The van der Waals surface area contributed by atoms with Crippen molar-refractivity contribution in [2.45, 2.75) is 26.2 Å². The predicted molar refractivity (Wildman–Crippen MR) is 134 cm³/mol. The van der Waals surface area contributed by atoms with E-state index < -0.39 is 10.9 Å². The van der Waals surface area contributed by atoms with Crippen LogP contribution in [0.15, 0.2) is 72.8 Å². The van der Waals surface area contributed by atoms with Gasteiger partial charge in [0.25, 0.3) is 0 Å². The summed E-state index contributed by atoms with van der Waals surface area (Å²) in [7, 11) is 3.22. The van der Waals surface area contributed by atoms with E-state index in [9.17, 15) is 15.2 Å². The highest BCUT2D eigenvalue weighted by Crippen LogP contribution is 2.24. The fraction of sp³-hybridized carbons (Fsp3) is 0.231. The number of nitrogens with zero attached hydrogens (tertiary/aromatic N) is 5. The Labute approximate surface area is 208 Å². The molecular weight excluding hydrogens is 462 g/mol. The maximum absolute atomic E-state index is 11.6. The molecule has 4 aromatic rings. The predicted octanol–water partition coefficient (Wildman–Crippen LogP) is 3.95. The zero-order valence-electron chi connectivity index (χ0n) is 20.1. The van der Waals surface area contributed by atoms with Crippen LogP contribution in [0.3, 0.4) is 0 Å². The van der Waals surface area contributed by atoms with E-state index >= 15 is 0 Å². The van der Waals surface area contributed by atoms with E-state index in [-0.39, 0.29) is 13.2 Å². The molecule has 0 bridgehead atoms. The fourth-order valence-corrected chi connectivity index (χ4v) is 3.76. The summed E-state index contributed by atoms with van der Waals surface area (Å²) < 4.78 is 12.1. The lowest BCUT2D eigenvalue weighted by atomic mass is 10.1. The van der Waals surface area contributed by atoms with Crippen molar-refractivity contribution in [2.75, 3.05) is 19.1 Å². The van der Waals surface area contributed by atoms with Crippen molar-refractivity contribution < 1.29 is 19.5 Å². The fourth-order valence-electron chi connectivity index (χ4n) is 3.76. The highest BCUT2D eigenvalue weighted by Gasteiger charge is 2.27. The molecule has 0 radical (unpaired) electrons. The van der Waals surface area contributed by atoms with Gasteiger partial charge in [-0.3, -0.25) is 0 Å². The van der Waals surface area contributed by atoms with Gasteiger partial charge in [-0.1, -0.05) is 48.5 Å². The monoisotopic (exact) mass is 489 g/mol. The summed E-state index contributed by atoms with van der Waals surface area (Å²) in [6.45, 7) is 1.10. The van der Waals surface area contributed by atoms with E-state index in [0.29, 0.717) is 19.0 Å². The smallest absolute Gasteiger partial charge is 0.493 e. The number of aliphatic hydroxyl groups is 1. The molecule has 0 unspecified atom stereocenters. The Morgan fingerprint density at radius 1 is 0.833 bits per heavy atom. The van der Waals surface area contributed by atoms with Gasteiger partial charge in [0.15, 0.2) is 0 Å². The van der Waals surface area contributed by atoms with Gasteiger partial charge in [-0.2, -0.15) is 0 Å². The van der Waals surface area contributed by atoms with Crippen LogP contribution in [0.25, 0.3) is 0 Å². The lowest BCUT2D eigenvalue weighted by Crippen LogP contribution is -2.26. The zero-order valence-corrected chi connectivity index (χ0v) is 20.1. The number of hydrogen-bond donors (Lipinski definition) is 1. The topological polar surface area (TPSA) is 116 Å². The van der Waals surface area contributed by atoms with Crippen molar-refractivity contribution in [3.8, 4) is 11.5 Å². The van der Waals surface area contributed by atoms with Crippen molar-refractivity contribution in [3.05, 3.63) is 105 Å². The largest absolute Gasteiger partial charge is 0.497 e. The second kappa shape index (κ2) is 11.3. The summed E-state index contributed by atoms with van der Waals surface area (Å²) in [4.78, 5) is 17.2. The first-order valence-electron chi connectivity index (χ1n) is 11.3. The standard InChI is InChI=1S/C26H27N5O5/c1-35-23-11-7-19(8-12-23)15-29(16-20-9-13-24(36-2)14-10-20)26-27-25(31(33)34)28-30(26)17-21-3-5-22(18-32)6-4-21/h3-14,32H,15-18H2,1-2H3. The summed E-state index contributed by atoms with van der Waals surface area (Å²) in [5, 5.41) is 25.1. The molecule has 0 saturated heterocycles. The molecule has 0 fully saturated rings. The van der Waals surface area contributed by atoms with Crippen molar-refractivity contribution in [2.24, 2.45) is 0 Å². The summed E-state index contributed by atoms with van der Waals surface area (Å²) in [6.07, 6.45) is 0. The molecule has 1 aromatic heterocycles. The number of ether oxygens (including phenoxy) is 2. The van der Waals surface area contributed by atoms with Crippen LogP contribution in [0.1, 0.15) is 22.3 Å². The van der Waals surface area contributed by atoms with Crippen LogP contribution >= 0.6 is 0 Å². The molecule has 1 N–H and O–H groups in total. The third kappa shape index (κ3) is 5.97. The van der Waals surface area contributed by atoms with E-state index in [1.54, 1.807) is 18.9 Å². The molecule has 0 aliphatic rings. The van der Waals surface area contributed by atoms with E-state index in [4.69, 9.17) is 9.47 Å². The Bertz CT molecular complexity index is 1240. The van der Waals surface area contributed by atoms with Crippen molar-refractivity contribution >= 4 is 11.9 Å². The van der Waals surface area contributed by atoms with Gasteiger partial charge in [0.1, 0.15) is 11.5 Å². The van der Waals surface area contributed by atoms with Crippen molar-refractivity contribution in [3.63, 3.8) is 0 Å². The van der Waals surface area contributed by atoms with E-state index in [0.717, 1.165) is 33.8 Å². The van der Waals surface area contributed by atoms with Crippen LogP contribution in [0.4, 0.5) is 11.9 Å². The molecule has 36 heavy (non-hydrogen) atoms. The number of aromatic nitrogens is 3. The van der Waals surface area contributed by atoms with E-state index in [1.807, 2.05) is 77.7 Å². The number of rotatable bonds is 11. The van der Waals surface area contributed by atoms with Gasteiger partial charge in [0.2, 0.25) is 0 Å². The molecule has 1 heterocycles. The minimum absolute atomic E-state index is 0.0577. The van der Waals surface area contributed by atoms with E-state index in [2.05, 4.69) is 10.1 Å². The van der Waals surface area contributed by atoms with Crippen LogP contribution in [0.5, 0.6) is 11.5 Å². The summed E-state index contributed by atoms with van der Waals surface area (Å²) in [5.41, 5.74) is 3.62. The van der Waals surface area contributed by atoms with Crippen LogP contribution in [-0.4, -0.2) is 39.0 Å². The third-order valence-corrected chi connectivity index (χ3v) is 5.69. The number of benzene rings is 3. The molecule has 0 atom stereocenters. The summed E-state index contributed by atoms with van der Waals surface area (Å²) in [5.74, 6) is 1.39. The number of aliphatic hydroxyl groups excluding tert-OH is 1. The Morgan fingerprint density at radius 3 is 1.75 bits per heavy atom. The highest BCUT2D eigenvalue weighted by molar-refractivity contribution is 5.40. The molecule has 0 aliphatic carbocycles. The van der Waals surface area contributed by atoms with Gasteiger partial charge in [-0.05, 0) is 56.4 Å². The maximum Gasteiger partial charge on any atom is 0.493 e. The highest BCUT2D eigenvalue weighted by atomic mass is 16.6. The molecule has 186 valence electrons. The SMILES string of the molecule is COc1ccc(CN(Cc2ccc(OC)cc2)c2nc([N+](=O)[O-])nn2Cc2ccc(CO)cc2)cc1. The average Bonchev–Trinajstić information content (AvgIpc) is 3.33. The normalized spacial score (nSPS) is 10.8. The molecule has 0 saturated carbocycles. The molecule has 0 amide bonds. The minimum Gasteiger partial charge on any atom is -0.497 e. The Hall–Kier alpha value is -4.44. The van der Waals surface area contributed by atoms with Crippen LogP contribution in [-0.2, 0) is 26.2 Å². The minimum atomic E-state index is -0.589. The molecule has 0 spiro atoms. The zero-order chi connectivity index (χ0) is 25.5. The molecule has 3 aromatic carbocycles. The van der Waals surface area contributed by atoms with Crippen LogP contribution in [0, 0.1) is 10.1 Å². The Balaban J connectivity index is 1.71. The molecule has 10 nitrogen and oxygen atoms in total. The van der Waals surface area contributed by atoms with Gasteiger partial charge in [-0.15, -0.1) is 4.68 Å². The number of methoxy groups -OCH3 is 2. The quantitative estimate of drug-likeness (QED) is 0.249.